The third-order valence-corrected chi connectivity index (χ3v) is 5.03. The second-order valence-electron chi connectivity index (χ2n) is 4.15. The average Bonchev–Trinajstić information content (AvgIpc) is 3.10. The lowest BCUT2D eigenvalue weighted by Crippen LogP contribution is -2.21. The van der Waals surface area contributed by atoms with Gasteiger partial charge < -0.3 is 5.32 Å². The number of carbonyl (C=O) groups is 1. The van der Waals surface area contributed by atoms with Gasteiger partial charge in [0.05, 0.1) is 20.0 Å². The molecule has 0 radical (unpaired) electrons. The van der Waals surface area contributed by atoms with E-state index in [4.69, 9.17) is 0 Å². The lowest BCUT2D eigenvalue weighted by molar-refractivity contribution is 0.0962. The van der Waals surface area contributed by atoms with E-state index in [0.29, 0.717) is 11.4 Å². The molecule has 2 aromatic heterocycles. The number of thiophene rings is 1. The van der Waals surface area contributed by atoms with E-state index < -0.39 is 0 Å². The minimum atomic E-state index is -0.0674. The maximum Gasteiger partial charge on any atom is 0.261 e. The van der Waals surface area contributed by atoms with Gasteiger partial charge in [-0.3, -0.25) is 4.79 Å². The second-order valence-corrected chi connectivity index (χ2v) is 6.26. The van der Waals surface area contributed by atoms with E-state index >= 15 is 0 Å². The molecule has 1 aromatic carbocycles. The molecule has 0 aliphatic heterocycles. The van der Waals surface area contributed by atoms with Crippen LogP contribution in [-0.4, -0.2) is 17.4 Å². The van der Waals surface area contributed by atoms with Crippen LogP contribution in [0.15, 0.2) is 49.1 Å². The number of hydrogen-bond donors (Lipinski definition) is 1. The molecule has 0 fully saturated rings. The first-order valence-corrected chi connectivity index (χ1v) is 7.76. The first-order valence-electron chi connectivity index (χ1n) is 6.13. The van der Waals surface area contributed by atoms with Gasteiger partial charge in [0.1, 0.15) is 5.01 Å². The van der Waals surface area contributed by atoms with Gasteiger partial charge in [0.15, 0.2) is 0 Å². The largest absolute Gasteiger partial charge is 0.348 e. The first-order chi connectivity index (χ1) is 9.78. The molecule has 0 spiro atoms. The number of hydrogen-bond acceptors (Lipinski definition) is 4. The number of para-hydroxylation sites is 1. The van der Waals surface area contributed by atoms with E-state index in [-0.39, 0.29) is 5.91 Å². The Morgan fingerprint density at radius 2 is 2.10 bits per heavy atom. The predicted molar refractivity (Wildman–Crippen MR) is 85.5 cm³/mol. The van der Waals surface area contributed by atoms with Crippen molar-refractivity contribution in [2.75, 3.05) is 6.54 Å². The minimum Gasteiger partial charge on any atom is -0.348 e. The molecule has 1 N–H and O–H groups in total. The van der Waals surface area contributed by atoms with Crippen LogP contribution in [0.25, 0.3) is 20.1 Å². The molecule has 2 heterocycles. The zero-order valence-electron chi connectivity index (χ0n) is 10.6. The molecular weight excluding hydrogens is 288 g/mol. The van der Waals surface area contributed by atoms with Gasteiger partial charge in [-0.1, -0.05) is 18.2 Å². The normalized spacial score (nSPS) is 10.6. The molecule has 0 aliphatic carbocycles. The molecule has 100 valence electrons. The van der Waals surface area contributed by atoms with Gasteiger partial charge in [-0.05, 0) is 24.3 Å². The lowest BCUT2D eigenvalue weighted by Gasteiger charge is -1.97. The van der Waals surface area contributed by atoms with Crippen LogP contribution in [0.4, 0.5) is 0 Å². The van der Waals surface area contributed by atoms with Crippen LogP contribution in [0.3, 0.4) is 0 Å². The summed E-state index contributed by atoms with van der Waals surface area (Å²) in [5, 5.41) is 3.73. The summed E-state index contributed by atoms with van der Waals surface area (Å²) >= 11 is 3.11. The number of carbonyl (C=O) groups excluding carboxylic acids is 1. The number of nitrogens with zero attached hydrogens (tertiary/aromatic N) is 1. The first kappa shape index (κ1) is 13.0. The molecule has 0 saturated carbocycles. The Bertz CT molecular complexity index is 740. The Morgan fingerprint density at radius 1 is 1.25 bits per heavy atom. The fourth-order valence-corrected chi connectivity index (χ4v) is 3.75. The molecule has 0 bridgehead atoms. The molecule has 3 nitrogen and oxygen atoms in total. The Hall–Kier alpha value is -1.98. The Kier molecular flexibility index (Phi) is 3.62. The molecule has 0 unspecified atom stereocenters. The van der Waals surface area contributed by atoms with Crippen molar-refractivity contribution in [3.8, 4) is 9.88 Å². The number of fused-ring (bicyclic) bond motifs is 1. The topological polar surface area (TPSA) is 42.0 Å². The summed E-state index contributed by atoms with van der Waals surface area (Å²) in [6.07, 6.45) is 1.67. The molecule has 5 heteroatoms. The van der Waals surface area contributed by atoms with Crippen LogP contribution < -0.4 is 5.32 Å². The van der Waals surface area contributed by atoms with Crippen molar-refractivity contribution in [2.24, 2.45) is 0 Å². The van der Waals surface area contributed by atoms with Crippen molar-refractivity contribution in [3.63, 3.8) is 0 Å². The summed E-state index contributed by atoms with van der Waals surface area (Å²) in [6.45, 7) is 4.06. The van der Waals surface area contributed by atoms with Crippen LogP contribution >= 0.6 is 22.7 Å². The van der Waals surface area contributed by atoms with Crippen molar-refractivity contribution < 1.29 is 4.79 Å². The maximum atomic E-state index is 11.9. The van der Waals surface area contributed by atoms with Crippen molar-refractivity contribution >= 4 is 38.8 Å². The molecule has 1 amide bonds. The van der Waals surface area contributed by atoms with Crippen LogP contribution in [0.1, 0.15) is 9.67 Å². The van der Waals surface area contributed by atoms with Gasteiger partial charge >= 0.3 is 0 Å². The van der Waals surface area contributed by atoms with Gasteiger partial charge in [-0.25, -0.2) is 4.98 Å². The fourth-order valence-electron chi connectivity index (χ4n) is 1.80. The fraction of sp³-hybridized carbons (Fsp3) is 0.0667. The number of rotatable bonds is 4. The van der Waals surface area contributed by atoms with Gasteiger partial charge in [0, 0.05) is 6.54 Å². The molecule has 0 saturated heterocycles. The summed E-state index contributed by atoms with van der Waals surface area (Å²) < 4.78 is 1.16. The van der Waals surface area contributed by atoms with Crippen molar-refractivity contribution in [2.45, 2.75) is 0 Å². The average molecular weight is 300 g/mol. The summed E-state index contributed by atoms with van der Waals surface area (Å²) in [6, 6.07) is 11.8. The van der Waals surface area contributed by atoms with Crippen LogP contribution in [0.2, 0.25) is 0 Å². The summed E-state index contributed by atoms with van der Waals surface area (Å²) in [4.78, 5) is 18.2. The Labute approximate surface area is 124 Å². The van der Waals surface area contributed by atoms with Gasteiger partial charge in [-0.2, -0.15) is 0 Å². The van der Waals surface area contributed by atoms with Gasteiger partial charge in [-0.15, -0.1) is 29.3 Å². The molecule has 3 aromatic rings. The van der Waals surface area contributed by atoms with E-state index in [1.807, 2.05) is 30.3 Å². The molecule has 3 rings (SSSR count). The number of aromatic nitrogens is 1. The maximum absolute atomic E-state index is 11.9. The third kappa shape index (κ3) is 2.50. The highest BCUT2D eigenvalue weighted by atomic mass is 32.1. The van der Waals surface area contributed by atoms with E-state index in [1.165, 1.54) is 11.3 Å². The monoisotopic (exact) mass is 300 g/mol. The van der Waals surface area contributed by atoms with Crippen molar-refractivity contribution in [3.05, 3.63) is 53.9 Å². The van der Waals surface area contributed by atoms with E-state index in [2.05, 4.69) is 22.9 Å². The Balaban J connectivity index is 1.89. The Morgan fingerprint density at radius 3 is 2.90 bits per heavy atom. The van der Waals surface area contributed by atoms with E-state index in [0.717, 1.165) is 20.1 Å². The number of thiazole rings is 1. The van der Waals surface area contributed by atoms with Crippen molar-refractivity contribution in [1.82, 2.24) is 10.3 Å². The van der Waals surface area contributed by atoms with Crippen LogP contribution in [-0.2, 0) is 0 Å². The predicted octanol–water partition coefficient (Wildman–Crippen LogP) is 3.94. The van der Waals surface area contributed by atoms with Crippen LogP contribution in [0.5, 0.6) is 0 Å². The zero-order chi connectivity index (χ0) is 13.9. The number of nitrogens with one attached hydrogen (secondary N) is 1. The standard InChI is InChI=1S/C15H12N2OS2/c1-2-9-16-14(18)12-7-8-13(19-12)15-17-10-5-3-4-6-11(10)20-15/h2-8H,1,9H2,(H,16,18). The van der Waals surface area contributed by atoms with Gasteiger partial charge in [0.2, 0.25) is 0 Å². The minimum absolute atomic E-state index is 0.0674. The molecule has 20 heavy (non-hydrogen) atoms. The number of benzene rings is 1. The SMILES string of the molecule is C=CCNC(=O)c1ccc(-c2nc3ccccc3s2)s1. The quantitative estimate of drug-likeness (QED) is 0.742. The summed E-state index contributed by atoms with van der Waals surface area (Å²) in [5.41, 5.74) is 0.999. The van der Waals surface area contributed by atoms with E-state index in [9.17, 15) is 4.79 Å². The zero-order valence-corrected chi connectivity index (χ0v) is 12.3. The lowest BCUT2D eigenvalue weighted by atomic mass is 10.3. The highest BCUT2D eigenvalue weighted by Gasteiger charge is 2.12. The molecule has 0 atom stereocenters. The highest BCUT2D eigenvalue weighted by Crippen LogP contribution is 2.34. The third-order valence-electron chi connectivity index (χ3n) is 2.74. The molecule has 0 aliphatic rings. The van der Waals surface area contributed by atoms with E-state index in [1.54, 1.807) is 17.4 Å². The smallest absolute Gasteiger partial charge is 0.261 e. The highest BCUT2D eigenvalue weighted by molar-refractivity contribution is 7.26. The van der Waals surface area contributed by atoms with Crippen molar-refractivity contribution in [1.29, 1.82) is 0 Å². The molecular formula is C15H12N2OS2. The van der Waals surface area contributed by atoms with Gasteiger partial charge in [0.25, 0.3) is 5.91 Å². The summed E-state index contributed by atoms with van der Waals surface area (Å²) in [5.74, 6) is -0.0674. The van der Waals surface area contributed by atoms with Crippen LogP contribution in [0, 0.1) is 0 Å². The second kappa shape index (κ2) is 5.56. The summed E-state index contributed by atoms with van der Waals surface area (Å²) in [7, 11) is 0. The number of amides is 1.